The fourth-order valence-corrected chi connectivity index (χ4v) is 2.31. The van der Waals surface area contributed by atoms with Crippen molar-refractivity contribution in [3.8, 4) is 0 Å². The van der Waals surface area contributed by atoms with Gasteiger partial charge in [-0.05, 0) is 40.6 Å². The second-order valence-electron chi connectivity index (χ2n) is 3.67. The van der Waals surface area contributed by atoms with Gasteiger partial charge in [0.1, 0.15) is 5.69 Å². The first kappa shape index (κ1) is 7.68. The Morgan fingerprint density at radius 2 is 1.79 bits per heavy atom. The van der Waals surface area contributed by atoms with Crippen LogP contribution in [-0.4, -0.2) is 0 Å². The average Bonchev–Trinajstić information content (AvgIpc) is 2.65. The highest BCUT2D eigenvalue weighted by Gasteiger charge is 2.15. The first-order valence-electron chi connectivity index (χ1n) is 4.77. The van der Waals surface area contributed by atoms with Gasteiger partial charge in [0.25, 0.3) is 0 Å². The summed E-state index contributed by atoms with van der Waals surface area (Å²) in [7, 11) is 0. The minimum absolute atomic E-state index is 0.563. The monoisotopic (exact) mass is 183 g/mol. The highest BCUT2D eigenvalue weighted by molar-refractivity contribution is 5.98. The summed E-state index contributed by atoms with van der Waals surface area (Å²) in [5.74, 6) is 0. The third-order valence-electron chi connectivity index (χ3n) is 2.95. The van der Waals surface area contributed by atoms with Gasteiger partial charge in [-0.2, -0.15) is 0 Å². The van der Waals surface area contributed by atoms with Crippen molar-refractivity contribution in [3.05, 3.63) is 46.4 Å². The van der Waals surface area contributed by atoms with Gasteiger partial charge in [0.05, 0.1) is 0 Å². The van der Waals surface area contributed by atoms with E-state index < -0.39 is 0 Å². The molecule has 0 unspecified atom stereocenters. The van der Waals surface area contributed by atoms with E-state index in [-0.39, 0.29) is 0 Å². The highest BCUT2D eigenvalue weighted by Crippen LogP contribution is 2.35. The fourth-order valence-electron chi connectivity index (χ4n) is 2.31. The SMILES string of the molecule is O=Nc1ccc2c3c(cccc13)CC2. The van der Waals surface area contributed by atoms with Gasteiger partial charge >= 0.3 is 0 Å². The number of nitrogens with zero attached hydrogens (tertiary/aromatic N) is 1. The lowest BCUT2D eigenvalue weighted by molar-refractivity contribution is 1.02. The van der Waals surface area contributed by atoms with Gasteiger partial charge < -0.3 is 0 Å². The molecule has 1 aliphatic carbocycles. The lowest BCUT2D eigenvalue weighted by Crippen LogP contribution is -1.78. The molecule has 0 fully saturated rings. The maximum absolute atomic E-state index is 10.6. The zero-order valence-electron chi connectivity index (χ0n) is 7.66. The highest BCUT2D eigenvalue weighted by atomic mass is 16.3. The van der Waals surface area contributed by atoms with Crippen LogP contribution in [0.25, 0.3) is 10.8 Å². The molecule has 2 heteroatoms. The summed E-state index contributed by atoms with van der Waals surface area (Å²) in [6, 6.07) is 9.95. The maximum Gasteiger partial charge on any atom is 0.115 e. The van der Waals surface area contributed by atoms with Crippen LogP contribution in [0, 0.1) is 4.91 Å². The number of rotatable bonds is 1. The van der Waals surface area contributed by atoms with Crippen molar-refractivity contribution in [1.82, 2.24) is 0 Å². The maximum atomic E-state index is 10.6. The van der Waals surface area contributed by atoms with E-state index in [0.29, 0.717) is 5.69 Å². The number of benzene rings is 2. The van der Waals surface area contributed by atoms with Crippen LogP contribution in [-0.2, 0) is 12.8 Å². The predicted molar refractivity (Wildman–Crippen MR) is 56.8 cm³/mol. The molecular weight excluding hydrogens is 174 g/mol. The molecule has 0 saturated heterocycles. The largest absolute Gasteiger partial charge is 0.145 e. The summed E-state index contributed by atoms with van der Waals surface area (Å²) in [6.07, 6.45) is 2.18. The van der Waals surface area contributed by atoms with Gasteiger partial charge in [-0.25, -0.2) is 0 Å². The van der Waals surface area contributed by atoms with E-state index >= 15 is 0 Å². The van der Waals surface area contributed by atoms with Crippen molar-refractivity contribution in [1.29, 1.82) is 0 Å². The van der Waals surface area contributed by atoms with Crippen LogP contribution in [0.1, 0.15) is 11.1 Å². The predicted octanol–water partition coefficient (Wildman–Crippen LogP) is 3.34. The molecule has 0 aromatic heterocycles. The van der Waals surface area contributed by atoms with E-state index in [1.807, 2.05) is 24.3 Å². The zero-order valence-corrected chi connectivity index (χ0v) is 7.66. The first-order valence-corrected chi connectivity index (χ1v) is 4.77. The van der Waals surface area contributed by atoms with Gasteiger partial charge in [0.2, 0.25) is 0 Å². The molecule has 0 bridgehead atoms. The summed E-state index contributed by atoms with van der Waals surface area (Å²) in [4.78, 5) is 10.6. The van der Waals surface area contributed by atoms with Gasteiger partial charge in [0, 0.05) is 5.39 Å². The van der Waals surface area contributed by atoms with E-state index in [2.05, 4.69) is 11.2 Å². The molecule has 0 spiro atoms. The standard InChI is InChI=1S/C12H9NO/c14-13-11-7-6-9-5-4-8-2-1-3-10(11)12(8)9/h1-3,6-7H,4-5H2. The van der Waals surface area contributed by atoms with Crippen molar-refractivity contribution in [2.24, 2.45) is 5.18 Å². The van der Waals surface area contributed by atoms with Crippen LogP contribution in [0.4, 0.5) is 5.69 Å². The van der Waals surface area contributed by atoms with Gasteiger partial charge in [-0.3, -0.25) is 0 Å². The molecule has 2 aromatic rings. The Kier molecular flexibility index (Phi) is 1.45. The van der Waals surface area contributed by atoms with E-state index in [4.69, 9.17) is 0 Å². The van der Waals surface area contributed by atoms with Crippen LogP contribution in [0.5, 0.6) is 0 Å². The van der Waals surface area contributed by atoms with E-state index in [1.165, 1.54) is 16.5 Å². The third-order valence-corrected chi connectivity index (χ3v) is 2.95. The van der Waals surface area contributed by atoms with Crippen LogP contribution in [0.15, 0.2) is 35.5 Å². The van der Waals surface area contributed by atoms with Gasteiger partial charge in [-0.15, -0.1) is 4.91 Å². The molecule has 2 aromatic carbocycles. The third kappa shape index (κ3) is 0.854. The quantitative estimate of drug-likeness (QED) is 0.623. The molecule has 0 amide bonds. The number of hydrogen-bond donors (Lipinski definition) is 0. The molecule has 0 atom stereocenters. The molecule has 0 N–H and O–H groups in total. The normalized spacial score (nSPS) is 13.4. The molecule has 0 aliphatic heterocycles. The second kappa shape index (κ2) is 2.64. The molecule has 1 aliphatic rings. The minimum atomic E-state index is 0.563. The Morgan fingerprint density at radius 1 is 1.00 bits per heavy atom. The Labute approximate surface area is 81.5 Å². The Morgan fingerprint density at radius 3 is 2.57 bits per heavy atom. The molecule has 0 saturated carbocycles. The van der Waals surface area contributed by atoms with E-state index in [1.54, 1.807) is 0 Å². The average molecular weight is 183 g/mol. The van der Waals surface area contributed by atoms with E-state index in [9.17, 15) is 4.91 Å². The van der Waals surface area contributed by atoms with Crippen LogP contribution in [0.2, 0.25) is 0 Å². The van der Waals surface area contributed by atoms with Crippen molar-refractivity contribution >= 4 is 16.5 Å². The Hall–Kier alpha value is -1.70. The van der Waals surface area contributed by atoms with Crippen LogP contribution in [0.3, 0.4) is 0 Å². The van der Waals surface area contributed by atoms with Crippen molar-refractivity contribution in [2.45, 2.75) is 12.8 Å². The van der Waals surface area contributed by atoms with Crippen molar-refractivity contribution < 1.29 is 0 Å². The van der Waals surface area contributed by atoms with Crippen molar-refractivity contribution in [2.75, 3.05) is 0 Å². The van der Waals surface area contributed by atoms with Gasteiger partial charge in [0.15, 0.2) is 0 Å². The molecule has 68 valence electrons. The van der Waals surface area contributed by atoms with Crippen molar-refractivity contribution in [3.63, 3.8) is 0 Å². The zero-order chi connectivity index (χ0) is 9.54. The van der Waals surface area contributed by atoms with Crippen LogP contribution >= 0.6 is 0 Å². The minimum Gasteiger partial charge on any atom is -0.145 e. The molecule has 3 rings (SSSR count). The lowest BCUT2D eigenvalue weighted by atomic mass is 10.0. The Balaban J connectivity index is 2.53. The molecule has 0 heterocycles. The van der Waals surface area contributed by atoms with Crippen LogP contribution < -0.4 is 0 Å². The Bertz CT molecular complexity index is 521. The molecule has 2 nitrogen and oxygen atoms in total. The number of hydrogen-bond acceptors (Lipinski definition) is 2. The molecular formula is C12H9NO. The summed E-state index contributed by atoms with van der Waals surface area (Å²) in [5.41, 5.74) is 3.26. The second-order valence-corrected chi connectivity index (χ2v) is 3.67. The van der Waals surface area contributed by atoms with Gasteiger partial charge in [-0.1, -0.05) is 24.3 Å². The summed E-state index contributed by atoms with van der Waals surface area (Å²) >= 11 is 0. The summed E-state index contributed by atoms with van der Waals surface area (Å²) < 4.78 is 0. The fraction of sp³-hybridized carbons (Fsp3) is 0.167. The smallest absolute Gasteiger partial charge is 0.115 e. The molecule has 14 heavy (non-hydrogen) atoms. The number of aryl methyl sites for hydroxylation is 2. The molecule has 0 radical (unpaired) electrons. The van der Waals surface area contributed by atoms with E-state index in [0.717, 1.165) is 18.2 Å². The summed E-state index contributed by atoms with van der Waals surface area (Å²) in [6.45, 7) is 0. The number of nitroso groups, excluding NO2 is 1. The topological polar surface area (TPSA) is 29.4 Å². The summed E-state index contributed by atoms with van der Waals surface area (Å²) in [5, 5.41) is 5.32. The first-order chi connectivity index (χ1) is 6.90. The lowest BCUT2D eigenvalue weighted by Gasteiger charge is -2.02.